The smallest absolute Gasteiger partial charge is 0.416 e. The molecule has 210 valence electrons. The van der Waals surface area contributed by atoms with Crippen molar-refractivity contribution < 1.29 is 28.9 Å². The molecular weight excluding hydrogens is 528 g/mol. The van der Waals surface area contributed by atoms with E-state index in [2.05, 4.69) is 42.7 Å². The minimum absolute atomic E-state index is 0.0756. The highest BCUT2D eigenvalue weighted by atomic mass is 32.1. The molecule has 4 aromatic rings. The van der Waals surface area contributed by atoms with E-state index in [1.165, 1.54) is 26.0 Å². The average molecular weight is 563 g/mol. The van der Waals surface area contributed by atoms with Gasteiger partial charge in [0.2, 0.25) is 0 Å². The van der Waals surface area contributed by atoms with E-state index >= 15 is 0 Å². The normalized spacial score (nSPS) is 11.6. The van der Waals surface area contributed by atoms with Gasteiger partial charge in [0.1, 0.15) is 29.9 Å². The zero-order chi connectivity index (χ0) is 28.6. The Hall–Kier alpha value is -4.24. The Kier molecular flexibility index (Phi) is 9.50. The van der Waals surface area contributed by atoms with Crippen LogP contribution in [-0.2, 0) is 17.9 Å². The fourth-order valence-electron chi connectivity index (χ4n) is 4.43. The van der Waals surface area contributed by atoms with E-state index in [1.807, 2.05) is 24.3 Å². The van der Waals surface area contributed by atoms with E-state index in [9.17, 15) is 14.7 Å². The first-order valence-corrected chi connectivity index (χ1v) is 13.9. The van der Waals surface area contributed by atoms with Gasteiger partial charge in [-0.2, -0.15) is 0 Å². The average Bonchev–Trinajstić information content (AvgIpc) is 3.54. The number of carboxylic acids is 1. The summed E-state index contributed by atoms with van der Waals surface area (Å²) in [5.41, 5.74) is 3.11. The molecule has 8 nitrogen and oxygen atoms in total. The Morgan fingerprint density at radius 2 is 1.60 bits per heavy atom. The minimum Gasteiger partial charge on any atom is -0.497 e. The van der Waals surface area contributed by atoms with E-state index in [0.29, 0.717) is 30.4 Å². The fraction of sp³-hybridized carbons (Fsp3) is 0.290. The van der Waals surface area contributed by atoms with Gasteiger partial charge in [-0.25, -0.2) is 9.59 Å². The first-order chi connectivity index (χ1) is 19.3. The van der Waals surface area contributed by atoms with Crippen LogP contribution in [0.4, 0.5) is 4.79 Å². The molecule has 9 heteroatoms. The third kappa shape index (κ3) is 7.04. The van der Waals surface area contributed by atoms with Crippen molar-refractivity contribution in [3.63, 3.8) is 0 Å². The van der Waals surface area contributed by atoms with Gasteiger partial charge < -0.3 is 23.9 Å². The van der Waals surface area contributed by atoms with Crippen LogP contribution < -0.4 is 14.2 Å². The SMILES string of the molecule is CCC(C(=O)O)N(Cc1ccc(OCCn2c(C)ccc2-c2ccc(C)s2)cc1)C(=O)Oc1ccc(OC)cc1. The molecule has 0 bridgehead atoms. The van der Waals surface area contributed by atoms with E-state index in [-0.39, 0.29) is 13.0 Å². The summed E-state index contributed by atoms with van der Waals surface area (Å²) >= 11 is 1.77. The zero-order valence-electron chi connectivity index (χ0n) is 23.1. The van der Waals surface area contributed by atoms with Crippen molar-refractivity contribution in [3.8, 4) is 27.8 Å². The molecule has 0 fully saturated rings. The van der Waals surface area contributed by atoms with Gasteiger partial charge in [-0.1, -0.05) is 19.1 Å². The lowest BCUT2D eigenvalue weighted by Gasteiger charge is -2.27. The second kappa shape index (κ2) is 13.2. The number of carbonyl (C=O) groups is 2. The molecule has 2 heterocycles. The van der Waals surface area contributed by atoms with Crippen molar-refractivity contribution >= 4 is 23.4 Å². The highest BCUT2D eigenvalue weighted by Gasteiger charge is 2.30. The Labute approximate surface area is 238 Å². The van der Waals surface area contributed by atoms with Crippen molar-refractivity contribution in [2.24, 2.45) is 0 Å². The molecule has 0 aliphatic heterocycles. The summed E-state index contributed by atoms with van der Waals surface area (Å²) in [5.74, 6) is 0.527. The molecule has 1 atom stereocenters. The number of aliphatic carboxylic acids is 1. The predicted molar refractivity (Wildman–Crippen MR) is 155 cm³/mol. The number of benzene rings is 2. The summed E-state index contributed by atoms with van der Waals surface area (Å²) < 4.78 is 18.9. The van der Waals surface area contributed by atoms with E-state index < -0.39 is 18.1 Å². The summed E-state index contributed by atoms with van der Waals surface area (Å²) in [5, 5.41) is 9.75. The number of nitrogens with zero attached hydrogens (tertiary/aromatic N) is 2. The van der Waals surface area contributed by atoms with Gasteiger partial charge in [0, 0.05) is 17.1 Å². The standard InChI is InChI=1S/C31H34N2O6S/c1-5-27(30(34)35)33(31(36)39-26-14-12-24(37-4)13-15-26)20-23-8-10-25(11-9-23)38-19-18-32-21(2)6-16-28(32)29-17-7-22(3)40-29/h6-17,27H,5,18-20H2,1-4H3,(H,34,35). The molecular formula is C31H34N2O6S. The van der Waals surface area contributed by atoms with Crippen molar-refractivity contribution in [1.29, 1.82) is 0 Å². The summed E-state index contributed by atoms with van der Waals surface area (Å²) in [4.78, 5) is 28.7. The number of rotatable bonds is 12. The van der Waals surface area contributed by atoms with Gasteiger partial charge in [-0.05, 0) is 86.5 Å². The number of carbonyl (C=O) groups excluding carboxylic acids is 1. The summed E-state index contributed by atoms with van der Waals surface area (Å²) in [7, 11) is 1.55. The molecule has 40 heavy (non-hydrogen) atoms. The second-order valence-corrected chi connectivity index (χ2v) is 10.6. The predicted octanol–water partition coefficient (Wildman–Crippen LogP) is 6.79. The molecule has 0 spiro atoms. The van der Waals surface area contributed by atoms with E-state index in [4.69, 9.17) is 14.2 Å². The number of thiophene rings is 1. The molecule has 0 aliphatic carbocycles. The molecule has 2 aromatic carbocycles. The lowest BCUT2D eigenvalue weighted by Crippen LogP contribution is -2.45. The van der Waals surface area contributed by atoms with E-state index in [1.54, 1.807) is 49.6 Å². The van der Waals surface area contributed by atoms with Crippen molar-refractivity contribution in [2.75, 3.05) is 13.7 Å². The molecule has 0 aliphatic rings. The summed E-state index contributed by atoms with van der Waals surface area (Å²) in [6.45, 7) is 7.18. The van der Waals surface area contributed by atoms with E-state index in [0.717, 1.165) is 5.56 Å². The third-order valence-corrected chi connectivity index (χ3v) is 7.62. The van der Waals surface area contributed by atoms with Crippen LogP contribution in [0.1, 0.15) is 29.5 Å². The Balaban J connectivity index is 1.39. The minimum atomic E-state index is -1.09. The quantitative estimate of drug-likeness (QED) is 0.205. The number of hydrogen-bond donors (Lipinski definition) is 1. The number of aromatic nitrogens is 1. The van der Waals surface area contributed by atoms with Gasteiger partial charge in [0.05, 0.1) is 24.2 Å². The molecule has 1 N–H and O–H groups in total. The topological polar surface area (TPSA) is 90.2 Å². The Morgan fingerprint density at radius 1 is 0.925 bits per heavy atom. The van der Waals surface area contributed by atoms with Crippen LogP contribution in [0.5, 0.6) is 17.2 Å². The van der Waals surface area contributed by atoms with Gasteiger partial charge >= 0.3 is 12.1 Å². The first-order valence-electron chi connectivity index (χ1n) is 13.1. The van der Waals surface area contributed by atoms with Crippen molar-refractivity contribution in [1.82, 2.24) is 9.47 Å². The second-order valence-electron chi connectivity index (χ2n) is 9.35. The van der Waals surface area contributed by atoms with Gasteiger partial charge in [0.15, 0.2) is 0 Å². The molecule has 0 saturated carbocycles. The highest BCUT2D eigenvalue weighted by Crippen LogP contribution is 2.29. The maximum absolute atomic E-state index is 13.0. The van der Waals surface area contributed by atoms with Crippen LogP contribution >= 0.6 is 11.3 Å². The number of aryl methyl sites for hydroxylation is 2. The monoisotopic (exact) mass is 562 g/mol. The Bertz CT molecular complexity index is 1430. The number of ether oxygens (including phenoxy) is 3. The molecule has 1 amide bonds. The molecule has 0 radical (unpaired) electrons. The van der Waals surface area contributed by atoms with Crippen LogP contribution in [0.2, 0.25) is 0 Å². The lowest BCUT2D eigenvalue weighted by molar-refractivity contribution is -0.142. The third-order valence-electron chi connectivity index (χ3n) is 6.60. The fourth-order valence-corrected chi connectivity index (χ4v) is 5.33. The molecule has 1 unspecified atom stereocenters. The zero-order valence-corrected chi connectivity index (χ0v) is 23.9. The molecule has 4 rings (SSSR count). The molecule has 0 saturated heterocycles. The first kappa shape index (κ1) is 28.8. The van der Waals surface area contributed by atoms with Crippen LogP contribution in [-0.4, -0.2) is 46.4 Å². The highest BCUT2D eigenvalue weighted by molar-refractivity contribution is 7.15. The Morgan fingerprint density at radius 3 is 2.20 bits per heavy atom. The largest absolute Gasteiger partial charge is 0.497 e. The van der Waals surface area contributed by atoms with Crippen molar-refractivity contribution in [2.45, 2.75) is 46.3 Å². The van der Waals surface area contributed by atoms with Crippen LogP contribution in [0.25, 0.3) is 10.6 Å². The summed E-state index contributed by atoms with van der Waals surface area (Å²) in [6.07, 6.45) is -0.501. The van der Waals surface area contributed by atoms with Gasteiger partial charge in [-0.15, -0.1) is 11.3 Å². The number of methoxy groups -OCH3 is 1. The van der Waals surface area contributed by atoms with Crippen LogP contribution in [0.3, 0.4) is 0 Å². The van der Waals surface area contributed by atoms with Crippen molar-refractivity contribution in [3.05, 3.63) is 88.9 Å². The van der Waals surface area contributed by atoms with Crippen LogP contribution in [0, 0.1) is 13.8 Å². The summed E-state index contributed by atoms with van der Waals surface area (Å²) in [6, 6.07) is 21.4. The van der Waals surface area contributed by atoms with Gasteiger partial charge in [-0.3, -0.25) is 4.90 Å². The number of hydrogen-bond acceptors (Lipinski definition) is 6. The molecule has 2 aromatic heterocycles. The lowest BCUT2D eigenvalue weighted by atomic mass is 10.1. The maximum atomic E-state index is 13.0. The number of amides is 1. The van der Waals surface area contributed by atoms with Crippen LogP contribution in [0.15, 0.2) is 72.8 Å². The number of carboxylic acid groups (broad SMARTS) is 1. The van der Waals surface area contributed by atoms with Gasteiger partial charge in [0.25, 0.3) is 0 Å². The maximum Gasteiger partial charge on any atom is 0.416 e.